The van der Waals surface area contributed by atoms with Gasteiger partial charge in [-0.05, 0) is 254 Å². The Hall–Kier alpha value is -10.2. The van der Waals surface area contributed by atoms with Crippen LogP contribution in [0.4, 0.5) is 8.78 Å². The minimum Gasteiger partial charge on any atom is -0.294 e. The SMILES string of the molecule is Cc1c(-c2ccnc(Cl)c2)ccc2c1CCCC2=O.Cc1c(-c2ccnc(F)c2)ccc2c1CCCC2=O.Cc1c(-c2cnc3ccccc3c2)ccc2c1CCCC2=O.Cc1c(-c2cncc(F)c2)ccc2c1CCCC2=O.Cc1cc(-c2ccc3c(c2C)CCCC3=O)ccn1. The quantitative estimate of drug-likeness (QED) is 0.152. The molecule has 0 N–H and O–H groups in total. The molecule has 0 radical (unpaired) electrons. The number of hydrogen-bond acceptors (Lipinski definition) is 10. The van der Waals surface area contributed by atoms with Crippen LogP contribution in [-0.4, -0.2) is 53.8 Å². The van der Waals surface area contributed by atoms with Crippen molar-refractivity contribution in [3.05, 3.63) is 277 Å². The maximum atomic E-state index is 13.3. The van der Waals surface area contributed by atoms with Crippen LogP contribution in [0.2, 0.25) is 5.15 Å². The third-order valence-electron chi connectivity index (χ3n) is 19.8. The number of aromatic nitrogens is 5. The van der Waals surface area contributed by atoms with E-state index in [2.05, 4.69) is 76.0 Å². The van der Waals surface area contributed by atoms with Gasteiger partial charge in [0.15, 0.2) is 28.9 Å². The van der Waals surface area contributed by atoms with Crippen LogP contribution < -0.4 is 0 Å². The highest BCUT2D eigenvalue weighted by Gasteiger charge is 2.26. The Bertz CT molecular complexity index is 4510. The standard InChI is InChI=1S/C20H17NO.C17H17NO.C16H14ClNO.2C16H14FNO/c1-13-16(9-10-18-17(13)6-4-8-20(18)22)15-11-14-5-2-3-7-19(14)21-12-15;1-11-10-13(8-9-18-11)14-6-7-16-15(12(14)2)4-3-5-17(16)19;1-10-12(11-7-8-18-16(17)9-11)5-6-14-13(10)3-2-4-15(14)19;1-10-13(11-7-12(17)9-18-8-11)5-6-15-14(10)3-2-4-16(15)19;1-10-12(11-7-8-18-16(17)9-11)5-6-14-13(10)3-2-4-15(14)19/h2-3,5,7,9-12H,4,6,8H2,1H3;6-10H,3-5H2,1-2H3;3*5-9H,2-4H2,1H3. The predicted molar refractivity (Wildman–Crippen MR) is 386 cm³/mol. The Morgan fingerprint density at radius 1 is 0.327 bits per heavy atom. The molecule has 0 spiro atoms. The summed E-state index contributed by atoms with van der Waals surface area (Å²) in [6.45, 7) is 12.3. The lowest BCUT2D eigenvalue weighted by Gasteiger charge is -2.19. The summed E-state index contributed by atoms with van der Waals surface area (Å²) in [5.41, 5.74) is 28.6. The Balaban J connectivity index is 0.000000117. The van der Waals surface area contributed by atoms with Gasteiger partial charge in [-0.3, -0.25) is 38.9 Å². The molecule has 0 atom stereocenters. The number of nitrogens with zero attached hydrogens (tertiary/aromatic N) is 5. The number of pyridine rings is 5. The summed E-state index contributed by atoms with van der Waals surface area (Å²) in [4.78, 5) is 79.9. The van der Waals surface area contributed by atoms with Gasteiger partial charge in [-0.25, -0.2) is 14.4 Å². The van der Waals surface area contributed by atoms with Gasteiger partial charge in [0.1, 0.15) is 11.0 Å². The molecule has 0 bridgehead atoms. The van der Waals surface area contributed by atoms with Gasteiger partial charge >= 0.3 is 0 Å². The van der Waals surface area contributed by atoms with E-state index in [1.807, 2.05) is 118 Å². The van der Waals surface area contributed by atoms with Crippen LogP contribution in [0.1, 0.15) is 177 Å². The van der Waals surface area contributed by atoms with E-state index < -0.39 is 5.95 Å². The van der Waals surface area contributed by atoms with Gasteiger partial charge in [-0.15, -0.1) is 0 Å². The molecule has 0 saturated carbocycles. The van der Waals surface area contributed by atoms with Gasteiger partial charge in [-0.2, -0.15) is 4.39 Å². The summed E-state index contributed by atoms with van der Waals surface area (Å²) >= 11 is 5.95. The largest absolute Gasteiger partial charge is 0.294 e. The smallest absolute Gasteiger partial charge is 0.213 e. The number of rotatable bonds is 5. The Kier molecular flexibility index (Phi) is 20.8. The summed E-state index contributed by atoms with van der Waals surface area (Å²) in [5.74, 6) is 0.458. The van der Waals surface area contributed by atoms with E-state index in [0.29, 0.717) is 43.0 Å². The number of hydrogen-bond donors (Lipinski definition) is 0. The normalized spacial score (nSPS) is 14.3. The van der Waals surface area contributed by atoms with Crippen molar-refractivity contribution < 1.29 is 32.8 Å². The number of aryl methyl sites for hydroxylation is 1. The second-order valence-corrected chi connectivity index (χ2v) is 26.3. The number of benzene rings is 6. The number of Topliss-reactive ketones (excluding diaryl/α,β-unsaturated/α-hetero) is 5. The topological polar surface area (TPSA) is 150 Å². The highest BCUT2D eigenvalue weighted by Crippen LogP contribution is 2.38. The van der Waals surface area contributed by atoms with E-state index in [0.717, 1.165) is 170 Å². The Morgan fingerprint density at radius 3 is 1.08 bits per heavy atom. The van der Waals surface area contributed by atoms with Crippen molar-refractivity contribution in [1.29, 1.82) is 0 Å². The van der Waals surface area contributed by atoms with Crippen LogP contribution in [0.5, 0.6) is 0 Å². The van der Waals surface area contributed by atoms with Gasteiger partial charge in [-0.1, -0.05) is 90.5 Å². The fraction of sp³-hybridized carbons (Fsp3) is 0.247. The monoisotopic (exact) mass is 1320 g/mol. The van der Waals surface area contributed by atoms with E-state index >= 15 is 0 Å². The average Bonchev–Trinajstić information content (AvgIpc) is 0.808. The fourth-order valence-electron chi connectivity index (χ4n) is 14.7. The van der Waals surface area contributed by atoms with E-state index in [1.165, 1.54) is 74.6 Å². The van der Waals surface area contributed by atoms with Gasteiger partial charge in [0.05, 0.1) is 11.7 Å². The molecular formula is C85H76ClF2N5O5. The fourth-order valence-corrected chi connectivity index (χ4v) is 14.9. The minimum atomic E-state index is -0.481. The number of halogens is 3. The second-order valence-electron chi connectivity index (χ2n) is 25.9. The number of carbonyl (C=O) groups excluding carboxylic acids is 5. The maximum Gasteiger partial charge on any atom is 0.213 e. The highest BCUT2D eigenvalue weighted by molar-refractivity contribution is 6.29. The summed E-state index contributed by atoms with van der Waals surface area (Å²) in [6.07, 6.45) is 22.7. The number of carbonyl (C=O) groups is 5. The first-order chi connectivity index (χ1) is 47.4. The van der Waals surface area contributed by atoms with Crippen molar-refractivity contribution in [2.24, 2.45) is 0 Å². The molecule has 5 aliphatic rings. The molecule has 6 aromatic carbocycles. The van der Waals surface area contributed by atoms with Crippen LogP contribution in [0.25, 0.3) is 66.5 Å². The first-order valence-corrected chi connectivity index (χ1v) is 34.2. The molecule has 5 aliphatic carbocycles. The highest BCUT2D eigenvalue weighted by atomic mass is 35.5. The van der Waals surface area contributed by atoms with E-state index in [4.69, 9.17) is 11.6 Å². The molecule has 492 valence electrons. The van der Waals surface area contributed by atoms with Crippen molar-refractivity contribution in [1.82, 2.24) is 24.9 Å². The zero-order valence-corrected chi connectivity index (χ0v) is 56.9. The number of para-hydroxylation sites is 1. The maximum absolute atomic E-state index is 13.3. The van der Waals surface area contributed by atoms with E-state index in [9.17, 15) is 32.8 Å². The molecule has 10 nitrogen and oxygen atoms in total. The third kappa shape index (κ3) is 14.7. The molecule has 13 heteroatoms. The lowest BCUT2D eigenvalue weighted by Crippen LogP contribution is -2.12. The van der Waals surface area contributed by atoms with E-state index in [1.54, 1.807) is 18.5 Å². The zero-order valence-electron chi connectivity index (χ0n) is 56.2. The Labute approximate surface area is 576 Å². The van der Waals surface area contributed by atoms with Crippen molar-refractivity contribution in [3.63, 3.8) is 0 Å². The molecule has 98 heavy (non-hydrogen) atoms. The molecule has 5 aromatic heterocycles. The molecule has 11 aromatic rings. The average molecular weight is 1320 g/mol. The third-order valence-corrected chi connectivity index (χ3v) is 20.1. The van der Waals surface area contributed by atoms with Gasteiger partial charge < -0.3 is 0 Å². The zero-order chi connectivity index (χ0) is 68.7. The minimum absolute atomic E-state index is 0.216. The molecule has 0 unspecified atom stereocenters. The van der Waals surface area contributed by atoms with Crippen LogP contribution in [0.15, 0.2) is 171 Å². The van der Waals surface area contributed by atoms with Crippen LogP contribution >= 0.6 is 11.6 Å². The molecule has 5 heterocycles. The van der Waals surface area contributed by atoms with Crippen molar-refractivity contribution in [3.8, 4) is 55.6 Å². The molecule has 0 aliphatic heterocycles. The predicted octanol–water partition coefficient (Wildman–Crippen LogP) is 20.3. The summed E-state index contributed by atoms with van der Waals surface area (Å²) in [7, 11) is 0. The number of fused-ring (bicyclic) bond motifs is 6. The number of ketones is 5. The molecular weight excluding hydrogens is 1240 g/mol. The van der Waals surface area contributed by atoms with Crippen molar-refractivity contribution >= 4 is 51.4 Å². The van der Waals surface area contributed by atoms with Crippen molar-refractivity contribution in [2.75, 3.05) is 0 Å². The molecule has 16 rings (SSSR count). The molecule has 0 saturated heterocycles. The van der Waals surface area contributed by atoms with Gasteiger partial charge in [0.25, 0.3) is 0 Å². The second kappa shape index (κ2) is 30.1. The lowest BCUT2D eigenvalue weighted by atomic mass is 9.84. The first-order valence-electron chi connectivity index (χ1n) is 33.8. The summed E-state index contributed by atoms with van der Waals surface area (Å²) in [5, 5.41) is 1.64. The van der Waals surface area contributed by atoms with E-state index in [-0.39, 0.29) is 29.0 Å². The van der Waals surface area contributed by atoms with Gasteiger partial charge in [0.2, 0.25) is 5.95 Å². The molecule has 0 amide bonds. The lowest BCUT2D eigenvalue weighted by molar-refractivity contribution is 0.0964. The first kappa shape index (κ1) is 67.8. The molecule has 0 fully saturated rings. The van der Waals surface area contributed by atoms with Crippen LogP contribution in [0, 0.1) is 53.3 Å². The summed E-state index contributed by atoms with van der Waals surface area (Å²) in [6, 6.07) is 42.6. The summed E-state index contributed by atoms with van der Waals surface area (Å²) < 4.78 is 26.5. The van der Waals surface area contributed by atoms with Crippen molar-refractivity contribution in [2.45, 2.75) is 138 Å². The van der Waals surface area contributed by atoms with Gasteiger partial charge in [0, 0.05) is 119 Å². The van der Waals surface area contributed by atoms with Crippen LogP contribution in [-0.2, 0) is 32.1 Å². The van der Waals surface area contributed by atoms with Crippen LogP contribution in [0.3, 0.4) is 0 Å². The Morgan fingerprint density at radius 2 is 0.684 bits per heavy atom.